The zero-order valence-corrected chi connectivity index (χ0v) is 25.4. The van der Waals surface area contributed by atoms with E-state index in [4.69, 9.17) is 4.74 Å². The highest BCUT2D eigenvalue weighted by atomic mass is 32.2. The lowest BCUT2D eigenvalue weighted by molar-refractivity contribution is 0.0449. The number of rotatable bonds is 12. The molecule has 40 heavy (non-hydrogen) atoms. The molecule has 2 N–H and O–H groups in total. The lowest BCUT2D eigenvalue weighted by Gasteiger charge is -2.40. The summed E-state index contributed by atoms with van der Waals surface area (Å²) in [7, 11) is -3.41. The van der Waals surface area contributed by atoms with Crippen molar-refractivity contribution in [3.63, 3.8) is 0 Å². The number of aliphatic hydroxyl groups excluding tert-OH is 1. The summed E-state index contributed by atoms with van der Waals surface area (Å²) < 4.78 is 33.0. The van der Waals surface area contributed by atoms with E-state index in [-0.39, 0.29) is 42.0 Å². The number of fused-ring (bicyclic) bond motifs is 3. The van der Waals surface area contributed by atoms with Gasteiger partial charge in [0.05, 0.1) is 17.9 Å². The molecule has 4 rings (SSSR count). The number of amides is 1. The Balaban J connectivity index is 1.35. The third-order valence-corrected chi connectivity index (χ3v) is 9.98. The molecule has 4 atom stereocenters. The van der Waals surface area contributed by atoms with E-state index in [0.717, 1.165) is 29.5 Å². The molecule has 3 heterocycles. The van der Waals surface area contributed by atoms with E-state index in [2.05, 4.69) is 10.2 Å². The number of para-hydroxylation sites is 1. The Kier molecular flexibility index (Phi) is 10.2. The highest BCUT2D eigenvalue weighted by molar-refractivity contribution is 7.99. The van der Waals surface area contributed by atoms with Crippen LogP contribution in [0.3, 0.4) is 0 Å². The van der Waals surface area contributed by atoms with Crippen molar-refractivity contribution >= 4 is 38.8 Å². The Hall–Kier alpha value is -2.12. The number of nitrogens with zero attached hydrogens (tertiary/aromatic N) is 3. The van der Waals surface area contributed by atoms with Crippen molar-refractivity contribution in [2.24, 2.45) is 0 Å². The van der Waals surface area contributed by atoms with Gasteiger partial charge in [0, 0.05) is 54.9 Å². The number of aromatic nitrogens is 1. The Morgan fingerprint density at radius 1 is 1.23 bits per heavy atom. The number of hydrogen-bond donors (Lipinski definition) is 2. The van der Waals surface area contributed by atoms with E-state index in [9.17, 15) is 23.1 Å². The summed E-state index contributed by atoms with van der Waals surface area (Å²) in [6, 6.07) is 9.30. The molecular formula is C28H42N4O6S2. The maximum Gasteiger partial charge on any atom is 0.413 e. The molecule has 2 aromatic rings. The third kappa shape index (κ3) is 7.39. The molecule has 1 amide bonds. The summed E-state index contributed by atoms with van der Waals surface area (Å²) in [5.41, 5.74) is 0.449. The van der Waals surface area contributed by atoms with Gasteiger partial charge in [0.2, 0.25) is 10.0 Å². The molecule has 0 saturated carbocycles. The first kappa shape index (κ1) is 30.8. The first-order chi connectivity index (χ1) is 19.0. The van der Waals surface area contributed by atoms with Gasteiger partial charge in [-0.25, -0.2) is 13.2 Å². The van der Waals surface area contributed by atoms with Gasteiger partial charge in [-0.15, -0.1) is 0 Å². The van der Waals surface area contributed by atoms with Gasteiger partial charge in [-0.3, -0.25) is 9.69 Å². The molecule has 2 saturated heterocycles. The normalized spacial score (nSPS) is 22.2. The van der Waals surface area contributed by atoms with Crippen molar-refractivity contribution in [1.82, 2.24) is 19.1 Å². The fourth-order valence-electron chi connectivity index (χ4n) is 6.07. The van der Waals surface area contributed by atoms with E-state index < -0.39 is 22.2 Å². The Morgan fingerprint density at radius 2 is 1.90 bits per heavy atom. The Bertz CT molecular complexity index is 1330. The molecule has 2 aliphatic rings. The lowest BCUT2D eigenvalue weighted by atomic mass is 9.97. The largest absolute Gasteiger partial charge is 0.413 e. The van der Waals surface area contributed by atoms with Crippen LogP contribution in [0.25, 0.3) is 10.9 Å². The van der Waals surface area contributed by atoms with Gasteiger partial charge in [-0.2, -0.15) is 16.1 Å². The van der Waals surface area contributed by atoms with Crippen LogP contribution in [0, 0.1) is 0 Å². The second-order valence-corrected chi connectivity index (χ2v) is 14.5. The van der Waals surface area contributed by atoms with E-state index in [1.165, 1.54) is 10.6 Å². The number of benzene rings is 1. The first-order valence-electron chi connectivity index (χ1n) is 14.1. The van der Waals surface area contributed by atoms with E-state index in [1.807, 2.05) is 45.0 Å². The number of sulfonamides is 1. The van der Waals surface area contributed by atoms with Crippen LogP contribution in [0.1, 0.15) is 52.5 Å². The van der Waals surface area contributed by atoms with Crippen molar-refractivity contribution in [1.29, 1.82) is 0 Å². The van der Waals surface area contributed by atoms with Crippen molar-refractivity contribution < 1.29 is 23.1 Å². The van der Waals surface area contributed by atoms with Crippen molar-refractivity contribution in [3.8, 4) is 5.75 Å². The zero-order chi connectivity index (χ0) is 29.0. The number of pyridine rings is 1. The second-order valence-electron chi connectivity index (χ2n) is 11.1. The van der Waals surface area contributed by atoms with Crippen LogP contribution in [0.2, 0.25) is 0 Å². The number of nitrogens with one attached hydrogen (secondary N) is 1. The summed E-state index contributed by atoms with van der Waals surface area (Å²) in [4.78, 5) is 28.2. The average molecular weight is 595 g/mol. The van der Waals surface area contributed by atoms with E-state index in [0.29, 0.717) is 31.7 Å². The molecule has 1 aromatic heterocycles. The van der Waals surface area contributed by atoms with Gasteiger partial charge in [0.15, 0.2) is 5.75 Å². The fourth-order valence-corrected chi connectivity index (χ4v) is 7.69. The van der Waals surface area contributed by atoms with Crippen LogP contribution in [-0.2, 0) is 10.0 Å². The number of thioether (sulfide) groups is 1. The summed E-state index contributed by atoms with van der Waals surface area (Å²) >= 11 is 1.67. The van der Waals surface area contributed by atoms with Crippen molar-refractivity contribution in [2.45, 2.75) is 76.7 Å². The van der Waals surface area contributed by atoms with Gasteiger partial charge in [0.25, 0.3) is 5.56 Å². The number of piperidine rings is 1. The molecule has 0 radical (unpaired) electrons. The first-order valence-corrected chi connectivity index (χ1v) is 17.1. The summed E-state index contributed by atoms with van der Waals surface area (Å²) in [6.45, 7) is 6.72. The quantitative estimate of drug-likeness (QED) is 0.360. The molecule has 2 fully saturated rings. The SMILES string of the molecule is CCSCCN(CC(O)CN1[C@@H]2CC[C@H]1C[C@H](NC(=O)Oc1cc3ccccc3n(C(C)C)c1=O)C2)S(C)(=O)=O. The van der Waals surface area contributed by atoms with Crippen molar-refractivity contribution in [3.05, 3.63) is 40.7 Å². The molecule has 0 aliphatic carbocycles. The number of carbonyl (C=O) groups is 1. The molecule has 0 spiro atoms. The van der Waals surface area contributed by atoms with E-state index in [1.54, 1.807) is 22.4 Å². The summed E-state index contributed by atoms with van der Waals surface area (Å²) in [5.74, 6) is 1.61. The maximum atomic E-state index is 13.1. The van der Waals surface area contributed by atoms with Gasteiger partial charge in [-0.05, 0) is 57.4 Å². The lowest BCUT2D eigenvalue weighted by Crippen LogP contribution is -2.53. The Labute approximate surface area is 241 Å². The van der Waals surface area contributed by atoms with Crippen molar-refractivity contribution in [2.75, 3.05) is 37.4 Å². The number of aliphatic hydroxyl groups is 1. The maximum absolute atomic E-state index is 13.1. The average Bonchev–Trinajstić information content (AvgIpc) is 3.10. The monoisotopic (exact) mass is 594 g/mol. The predicted molar refractivity (Wildman–Crippen MR) is 160 cm³/mol. The highest BCUT2D eigenvalue weighted by Gasteiger charge is 2.42. The minimum Gasteiger partial charge on any atom is -0.404 e. The molecule has 12 heteroatoms. The Morgan fingerprint density at radius 3 is 2.52 bits per heavy atom. The van der Waals surface area contributed by atoms with Crippen LogP contribution < -0.4 is 15.6 Å². The van der Waals surface area contributed by atoms with Gasteiger partial charge < -0.3 is 19.7 Å². The predicted octanol–water partition coefficient (Wildman–Crippen LogP) is 3.04. The fraction of sp³-hybridized carbons (Fsp3) is 0.643. The topological polar surface area (TPSA) is 121 Å². The summed E-state index contributed by atoms with van der Waals surface area (Å²) in [5, 5.41) is 14.6. The molecular weight excluding hydrogens is 552 g/mol. The molecule has 1 aromatic carbocycles. The van der Waals surface area contributed by atoms with Gasteiger partial charge >= 0.3 is 6.09 Å². The van der Waals surface area contributed by atoms with Gasteiger partial charge in [-0.1, -0.05) is 25.1 Å². The number of ether oxygens (including phenoxy) is 1. The second kappa shape index (κ2) is 13.2. The van der Waals surface area contributed by atoms with E-state index >= 15 is 0 Å². The van der Waals surface area contributed by atoms with Gasteiger partial charge in [0.1, 0.15) is 0 Å². The standard InChI is InChI=1S/C28H42N4O6S2/c1-5-39-13-12-30(40(4,36)37)17-24(33)18-31-22-10-11-23(31)16-21(15-22)29-28(35)38-26-14-20-8-6-7-9-25(20)32(19(2)3)27(26)34/h6-9,14,19,21-24,33H,5,10-13,15-18H2,1-4H3,(H,29,35)/t21-,22-,23+,24?. The molecule has 2 bridgehead atoms. The molecule has 222 valence electrons. The zero-order valence-electron chi connectivity index (χ0n) is 23.8. The number of hydrogen-bond acceptors (Lipinski definition) is 8. The summed E-state index contributed by atoms with van der Waals surface area (Å²) in [6.07, 6.45) is 3.06. The minimum absolute atomic E-state index is 0.00111. The highest BCUT2D eigenvalue weighted by Crippen LogP contribution is 2.36. The number of carbonyl (C=O) groups excluding carboxylic acids is 1. The molecule has 2 aliphatic heterocycles. The minimum atomic E-state index is -3.41. The smallest absolute Gasteiger partial charge is 0.404 e. The molecule has 1 unspecified atom stereocenters. The van der Waals surface area contributed by atoms with Crippen LogP contribution in [0.15, 0.2) is 35.1 Å². The third-order valence-electron chi connectivity index (χ3n) is 7.83. The van der Waals surface area contributed by atoms with Crippen LogP contribution >= 0.6 is 11.8 Å². The van der Waals surface area contributed by atoms with Crippen LogP contribution in [0.4, 0.5) is 4.79 Å². The molecule has 10 nitrogen and oxygen atoms in total. The van der Waals surface area contributed by atoms with Crippen LogP contribution in [-0.4, -0.2) is 95.0 Å². The van der Waals surface area contributed by atoms with Crippen LogP contribution in [0.5, 0.6) is 5.75 Å².